The number of nitrogens with one attached hydrogen (secondary N) is 1. The first kappa shape index (κ1) is 14.5. The van der Waals surface area contributed by atoms with Crippen LogP contribution in [0.15, 0.2) is 18.5 Å². The zero-order valence-corrected chi connectivity index (χ0v) is 12.7. The number of nitrogens with zero attached hydrogens (tertiary/aromatic N) is 4. The van der Waals surface area contributed by atoms with Crippen LogP contribution in [0.4, 0.5) is 0 Å². The molecule has 22 heavy (non-hydrogen) atoms. The minimum absolute atomic E-state index is 0.0889. The molecule has 2 aromatic heterocycles. The number of hydrogen-bond donors (Lipinski definition) is 1. The topological polar surface area (TPSA) is 79.6 Å². The molecule has 1 aliphatic rings. The van der Waals surface area contributed by atoms with Crippen LogP contribution in [0.1, 0.15) is 35.3 Å². The fourth-order valence-electron chi connectivity index (χ4n) is 2.73. The van der Waals surface area contributed by atoms with Crippen molar-refractivity contribution in [1.29, 1.82) is 0 Å². The van der Waals surface area contributed by atoms with Crippen molar-refractivity contribution in [3.8, 4) is 0 Å². The van der Waals surface area contributed by atoms with E-state index in [1.54, 1.807) is 17.8 Å². The number of carbonyl (C=O) groups is 2. The van der Waals surface area contributed by atoms with Crippen LogP contribution in [0, 0.1) is 6.92 Å². The average Bonchev–Trinajstić information content (AvgIpc) is 2.79. The molecule has 1 aliphatic heterocycles. The van der Waals surface area contributed by atoms with E-state index in [0.717, 1.165) is 18.5 Å². The molecule has 0 aliphatic carbocycles. The van der Waals surface area contributed by atoms with Crippen LogP contribution >= 0.6 is 0 Å². The predicted molar refractivity (Wildman–Crippen MR) is 80.5 cm³/mol. The molecule has 7 nitrogen and oxygen atoms in total. The Hall–Kier alpha value is -2.44. The largest absolute Gasteiger partial charge is 0.354 e. The Kier molecular flexibility index (Phi) is 3.79. The Morgan fingerprint density at radius 3 is 3.09 bits per heavy atom. The number of amides is 2. The van der Waals surface area contributed by atoms with E-state index in [-0.39, 0.29) is 11.8 Å². The van der Waals surface area contributed by atoms with Gasteiger partial charge in [-0.3, -0.25) is 9.59 Å². The van der Waals surface area contributed by atoms with Gasteiger partial charge in [0.1, 0.15) is 11.6 Å². The van der Waals surface area contributed by atoms with Crippen molar-refractivity contribution in [2.45, 2.75) is 32.2 Å². The van der Waals surface area contributed by atoms with Crippen molar-refractivity contribution in [1.82, 2.24) is 24.8 Å². The first-order chi connectivity index (χ1) is 10.6. The Balaban J connectivity index is 1.91. The molecular formula is C15H19N5O2. The highest BCUT2D eigenvalue weighted by Gasteiger charge is 2.30. The molecular weight excluding hydrogens is 282 g/mol. The number of aryl methyl sites for hydroxylation is 1. The summed E-state index contributed by atoms with van der Waals surface area (Å²) in [5.74, 6) is -0.316. The van der Waals surface area contributed by atoms with Crippen molar-refractivity contribution >= 4 is 17.5 Å². The van der Waals surface area contributed by atoms with Gasteiger partial charge in [-0.05, 0) is 32.3 Å². The van der Waals surface area contributed by atoms with Crippen molar-refractivity contribution in [3.63, 3.8) is 0 Å². The van der Waals surface area contributed by atoms with Gasteiger partial charge < -0.3 is 10.2 Å². The minimum Gasteiger partial charge on any atom is -0.354 e. The summed E-state index contributed by atoms with van der Waals surface area (Å²) in [6.45, 7) is 2.54. The first-order valence-corrected chi connectivity index (χ1v) is 7.44. The molecule has 1 N–H and O–H groups in total. The number of hydrogen-bond acceptors (Lipinski definition) is 4. The summed E-state index contributed by atoms with van der Waals surface area (Å²) >= 11 is 0. The summed E-state index contributed by atoms with van der Waals surface area (Å²) in [7, 11) is 1.66. The highest BCUT2D eigenvalue weighted by molar-refractivity contribution is 6.01. The lowest BCUT2D eigenvalue weighted by molar-refractivity contribution is -0.125. The van der Waals surface area contributed by atoms with Gasteiger partial charge in [-0.25, -0.2) is 9.50 Å². The summed E-state index contributed by atoms with van der Waals surface area (Å²) < 4.78 is 1.57. The van der Waals surface area contributed by atoms with E-state index < -0.39 is 6.04 Å². The molecule has 2 amide bonds. The van der Waals surface area contributed by atoms with E-state index >= 15 is 0 Å². The van der Waals surface area contributed by atoms with Crippen molar-refractivity contribution < 1.29 is 9.59 Å². The predicted octanol–water partition coefficient (Wildman–Crippen LogP) is 0.778. The Bertz CT molecular complexity index is 724. The molecule has 1 atom stereocenters. The van der Waals surface area contributed by atoms with E-state index in [2.05, 4.69) is 15.4 Å². The minimum atomic E-state index is -0.435. The quantitative estimate of drug-likeness (QED) is 0.889. The van der Waals surface area contributed by atoms with Gasteiger partial charge in [-0.1, -0.05) is 0 Å². The lowest BCUT2D eigenvalue weighted by Gasteiger charge is -2.25. The molecule has 0 bridgehead atoms. The summed E-state index contributed by atoms with van der Waals surface area (Å²) in [6.07, 6.45) is 5.83. The van der Waals surface area contributed by atoms with Gasteiger partial charge in [-0.2, -0.15) is 5.10 Å². The van der Waals surface area contributed by atoms with Crippen LogP contribution in [0.25, 0.3) is 5.65 Å². The molecule has 0 saturated carbocycles. The van der Waals surface area contributed by atoms with Gasteiger partial charge in [0.15, 0.2) is 5.65 Å². The number of likely N-dealkylation sites (N-methyl/N-ethyl adjacent to an activating group) is 1. The van der Waals surface area contributed by atoms with E-state index in [0.29, 0.717) is 24.2 Å². The Morgan fingerprint density at radius 2 is 2.27 bits per heavy atom. The number of rotatable bonds is 2. The number of aromatic nitrogens is 3. The molecule has 0 radical (unpaired) electrons. The fourth-order valence-corrected chi connectivity index (χ4v) is 2.73. The SMILES string of the molecule is Cc1ccn2ncc(C(=O)N(C)[C@H]3CCCCNC3=O)c2n1. The zero-order chi connectivity index (χ0) is 15.7. The molecule has 0 aromatic carbocycles. The van der Waals surface area contributed by atoms with Gasteiger partial charge in [-0.15, -0.1) is 0 Å². The monoisotopic (exact) mass is 301 g/mol. The van der Waals surface area contributed by atoms with Gasteiger partial charge in [0.25, 0.3) is 5.91 Å². The Morgan fingerprint density at radius 1 is 1.45 bits per heavy atom. The molecule has 7 heteroatoms. The molecule has 1 saturated heterocycles. The first-order valence-electron chi connectivity index (χ1n) is 7.44. The van der Waals surface area contributed by atoms with Crippen LogP contribution in [0.5, 0.6) is 0 Å². The highest BCUT2D eigenvalue weighted by atomic mass is 16.2. The van der Waals surface area contributed by atoms with Crippen molar-refractivity contribution in [2.75, 3.05) is 13.6 Å². The molecule has 3 heterocycles. The second kappa shape index (κ2) is 5.75. The van der Waals surface area contributed by atoms with Crippen LogP contribution in [0.3, 0.4) is 0 Å². The number of carbonyl (C=O) groups excluding carboxylic acids is 2. The summed E-state index contributed by atoms with van der Waals surface area (Å²) in [5.41, 5.74) is 1.76. The standard InChI is InChI=1S/C15H19N5O2/c1-10-6-8-20-13(18-10)11(9-17-20)15(22)19(2)12-5-3-4-7-16-14(12)21/h6,8-9,12H,3-5,7H2,1-2H3,(H,16,21)/t12-/m0/s1. The highest BCUT2D eigenvalue weighted by Crippen LogP contribution is 2.16. The lowest BCUT2D eigenvalue weighted by atomic mass is 10.1. The van der Waals surface area contributed by atoms with Gasteiger partial charge >= 0.3 is 0 Å². The van der Waals surface area contributed by atoms with E-state index in [1.165, 1.54) is 11.1 Å². The van der Waals surface area contributed by atoms with Gasteiger partial charge in [0.2, 0.25) is 5.91 Å². The van der Waals surface area contributed by atoms with Crippen LogP contribution < -0.4 is 5.32 Å². The van der Waals surface area contributed by atoms with Gasteiger partial charge in [0, 0.05) is 25.5 Å². The summed E-state index contributed by atoms with van der Waals surface area (Å²) in [4.78, 5) is 30.7. The van der Waals surface area contributed by atoms with E-state index in [9.17, 15) is 9.59 Å². The van der Waals surface area contributed by atoms with Crippen LogP contribution in [-0.2, 0) is 4.79 Å². The van der Waals surface area contributed by atoms with E-state index in [1.807, 2.05) is 13.0 Å². The fraction of sp³-hybridized carbons (Fsp3) is 0.467. The van der Waals surface area contributed by atoms with Crippen LogP contribution in [0.2, 0.25) is 0 Å². The van der Waals surface area contributed by atoms with Gasteiger partial charge in [0.05, 0.1) is 6.20 Å². The third-order valence-electron chi connectivity index (χ3n) is 4.03. The maximum Gasteiger partial charge on any atom is 0.259 e. The zero-order valence-electron chi connectivity index (χ0n) is 12.7. The lowest BCUT2D eigenvalue weighted by Crippen LogP contribution is -2.46. The maximum atomic E-state index is 12.7. The summed E-state index contributed by atoms with van der Waals surface area (Å²) in [6, 6.07) is 1.39. The molecule has 2 aromatic rings. The van der Waals surface area contributed by atoms with Crippen molar-refractivity contribution in [2.24, 2.45) is 0 Å². The normalized spacial score (nSPS) is 18.8. The molecule has 3 rings (SSSR count). The molecule has 0 unspecified atom stereocenters. The summed E-state index contributed by atoms with van der Waals surface area (Å²) in [5, 5.41) is 7.00. The molecule has 116 valence electrons. The molecule has 0 spiro atoms. The average molecular weight is 301 g/mol. The smallest absolute Gasteiger partial charge is 0.259 e. The maximum absolute atomic E-state index is 12.7. The second-order valence-corrected chi connectivity index (χ2v) is 5.61. The molecule has 1 fully saturated rings. The third-order valence-corrected chi connectivity index (χ3v) is 4.03. The Labute approximate surface area is 128 Å². The van der Waals surface area contributed by atoms with Crippen molar-refractivity contribution in [3.05, 3.63) is 29.7 Å². The second-order valence-electron chi connectivity index (χ2n) is 5.61. The number of fused-ring (bicyclic) bond motifs is 1. The van der Waals surface area contributed by atoms with Crippen LogP contribution in [-0.4, -0.2) is 50.9 Å². The van der Waals surface area contributed by atoms with E-state index in [4.69, 9.17) is 0 Å². The third kappa shape index (κ3) is 2.54.